The van der Waals surface area contributed by atoms with Crippen LogP contribution in [0.25, 0.3) is 0 Å². The Kier molecular flexibility index (Phi) is 4.24. The summed E-state index contributed by atoms with van der Waals surface area (Å²) < 4.78 is 0. The van der Waals surface area contributed by atoms with Crippen LogP contribution < -0.4 is 11.1 Å². The Balaban J connectivity index is 1.87. The number of benzene rings is 1. The molecule has 0 bridgehead atoms. The molecule has 1 aliphatic rings. The third kappa shape index (κ3) is 3.49. The van der Waals surface area contributed by atoms with Crippen LogP contribution in [0.5, 0.6) is 0 Å². The second-order valence-electron chi connectivity index (χ2n) is 5.41. The van der Waals surface area contributed by atoms with Crippen LogP contribution in [0.1, 0.15) is 38.2 Å². The molecule has 1 fully saturated rings. The molecule has 0 spiro atoms. The van der Waals surface area contributed by atoms with E-state index >= 15 is 0 Å². The van der Waals surface area contributed by atoms with Crippen LogP contribution in [-0.4, -0.2) is 11.9 Å². The van der Waals surface area contributed by atoms with Crippen LogP contribution in [-0.2, 0) is 11.2 Å². The van der Waals surface area contributed by atoms with Crippen molar-refractivity contribution in [2.75, 3.05) is 5.73 Å². The zero-order valence-electron chi connectivity index (χ0n) is 11.0. The summed E-state index contributed by atoms with van der Waals surface area (Å²) in [6, 6.07) is 7.91. The molecule has 0 radical (unpaired) electrons. The topological polar surface area (TPSA) is 55.1 Å². The van der Waals surface area contributed by atoms with Crippen LogP contribution >= 0.6 is 0 Å². The van der Waals surface area contributed by atoms with Gasteiger partial charge >= 0.3 is 0 Å². The number of hydrogen-bond donors (Lipinski definition) is 2. The van der Waals surface area contributed by atoms with E-state index in [4.69, 9.17) is 5.73 Å². The molecule has 0 unspecified atom stereocenters. The Hall–Kier alpha value is -1.51. The van der Waals surface area contributed by atoms with Gasteiger partial charge in [-0.3, -0.25) is 4.79 Å². The van der Waals surface area contributed by atoms with E-state index in [1.165, 1.54) is 12.8 Å². The third-order valence-corrected chi connectivity index (χ3v) is 3.71. The molecule has 1 amide bonds. The first kappa shape index (κ1) is 12.9. The fourth-order valence-electron chi connectivity index (χ4n) is 2.71. The Morgan fingerprint density at radius 1 is 1.39 bits per heavy atom. The number of para-hydroxylation sites is 1. The molecule has 0 aliphatic heterocycles. The molecule has 98 valence electrons. The van der Waals surface area contributed by atoms with E-state index in [0.717, 1.165) is 24.3 Å². The first-order chi connectivity index (χ1) is 8.65. The molecule has 3 heteroatoms. The van der Waals surface area contributed by atoms with Gasteiger partial charge in [0.25, 0.3) is 0 Å². The molecule has 0 heterocycles. The van der Waals surface area contributed by atoms with Crippen LogP contribution in [0.3, 0.4) is 0 Å². The van der Waals surface area contributed by atoms with Gasteiger partial charge in [-0.25, -0.2) is 0 Å². The highest BCUT2D eigenvalue weighted by atomic mass is 16.1. The lowest BCUT2D eigenvalue weighted by Gasteiger charge is -2.27. The maximum Gasteiger partial charge on any atom is 0.224 e. The summed E-state index contributed by atoms with van der Waals surface area (Å²) in [4.78, 5) is 12.0. The number of nitrogens with one attached hydrogen (secondary N) is 1. The van der Waals surface area contributed by atoms with Gasteiger partial charge in [0.15, 0.2) is 0 Å². The summed E-state index contributed by atoms with van der Waals surface area (Å²) in [5.41, 5.74) is 7.46. The minimum absolute atomic E-state index is 0.0898. The van der Waals surface area contributed by atoms with Crippen LogP contribution in [0.2, 0.25) is 0 Å². The third-order valence-electron chi connectivity index (χ3n) is 3.71. The summed E-state index contributed by atoms with van der Waals surface area (Å²) >= 11 is 0. The standard InChI is InChI=1S/C15H22N2O/c1-11-5-4-7-13(9-11)17-15(18)10-12-6-2-3-8-14(12)16/h2-3,6,8,11,13H,4-5,7,9-10,16H2,1H3,(H,17,18)/t11-,13+/m1/s1. The Labute approximate surface area is 109 Å². The lowest BCUT2D eigenvalue weighted by atomic mass is 9.87. The van der Waals surface area contributed by atoms with E-state index < -0.39 is 0 Å². The van der Waals surface area contributed by atoms with E-state index in [1.807, 2.05) is 24.3 Å². The molecule has 0 saturated heterocycles. The highest BCUT2D eigenvalue weighted by molar-refractivity contribution is 5.80. The fraction of sp³-hybridized carbons (Fsp3) is 0.533. The van der Waals surface area contributed by atoms with E-state index in [9.17, 15) is 4.79 Å². The quantitative estimate of drug-likeness (QED) is 0.805. The van der Waals surface area contributed by atoms with Gasteiger partial charge in [-0.1, -0.05) is 38.0 Å². The summed E-state index contributed by atoms with van der Waals surface area (Å²) in [5.74, 6) is 0.817. The Morgan fingerprint density at radius 3 is 2.89 bits per heavy atom. The van der Waals surface area contributed by atoms with Crippen molar-refractivity contribution in [3.63, 3.8) is 0 Å². The maximum absolute atomic E-state index is 12.0. The normalized spacial score (nSPS) is 23.6. The summed E-state index contributed by atoms with van der Waals surface area (Å²) in [5, 5.41) is 3.13. The van der Waals surface area contributed by atoms with Crippen LogP contribution in [0.15, 0.2) is 24.3 Å². The van der Waals surface area contributed by atoms with E-state index in [2.05, 4.69) is 12.2 Å². The van der Waals surface area contributed by atoms with Crippen molar-refractivity contribution in [3.8, 4) is 0 Å². The molecule has 18 heavy (non-hydrogen) atoms. The molecular weight excluding hydrogens is 224 g/mol. The average Bonchev–Trinajstić information content (AvgIpc) is 2.32. The minimum atomic E-state index is 0.0898. The summed E-state index contributed by atoms with van der Waals surface area (Å²) in [6.07, 6.45) is 5.12. The Morgan fingerprint density at radius 2 is 2.17 bits per heavy atom. The smallest absolute Gasteiger partial charge is 0.224 e. The molecule has 1 aromatic carbocycles. The number of anilines is 1. The zero-order valence-corrected chi connectivity index (χ0v) is 11.0. The first-order valence-electron chi connectivity index (χ1n) is 6.78. The second kappa shape index (κ2) is 5.89. The molecule has 2 atom stereocenters. The van der Waals surface area contributed by atoms with Crippen molar-refractivity contribution < 1.29 is 4.79 Å². The van der Waals surface area contributed by atoms with Gasteiger partial charge in [0.2, 0.25) is 5.91 Å². The van der Waals surface area contributed by atoms with Crippen molar-refractivity contribution in [3.05, 3.63) is 29.8 Å². The summed E-state index contributed by atoms with van der Waals surface area (Å²) in [7, 11) is 0. The molecule has 1 saturated carbocycles. The highest BCUT2D eigenvalue weighted by Gasteiger charge is 2.20. The SMILES string of the molecule is C[C@@H]1CCC[C@H](NC(=O)Cc2ccccc2N)C1. The van der Waals surface area contributed by atoms with E-state index in [-0.39, 0.29) is 5.91 Å². The highest BCUT2D eigenvalue weighted by Crippen LogP contribution is 2.23. The van der Waals surface area contributed by atoms with Gasteiger partial charge in [-0.2, -0.15) is 0 Å². The van der Waals surface area contributed by atoms with E-state index in [1.54, 1.807) is 0 Å². The number of amides is 1. The molecule has 1 aromatic rings. The van der Waals surface area contributed by atoms with Crippen molar-refractivity contribution in [2.45, 2.75) is 45.1 Å². The molecule has 3 N–H and O–H groups in total. The monoisotopic (exact) mass is 246 g/mol. The van der Waals surface area contributed by atoms with Gasteiger partial charge in [0.05, 0.1) is 6.42 Å². The number of rotatable bonds is 3. The molecule has 3 nitrogen and oxygen atoms in total. The lowest BCUT2D eigenvalue weighted by molar-refractivity contribution is -0.121. The largest absolute Gasteiger partial charge is 0.398 e. The van der Waals surface area contributed by atoms with Crippen molar-refractivity contribution in [1.29, 1.82) is 0 Å². The van der Waals surface area contributed by atoms with Gasteiger partial charge < -0.3 is 11.1 Å². The zero-order chi connectivity index (χ0) is 13.0. The molecule has 1 aliphatic carbocycles. The van der Waals surface area contributed by atoms with Crippen LogP contribution in [0, 0.1) is 5.92 Å². The first-order valence-corrected chi connectivity index (χ1v) is 6.78. The van der Waals surface area contributed by atoms with Gasteiger partial charge in [-0.05, 0) is 30.4 Å². The Bertz CT molecular complexity index is 417. The number of carbonyl (C=O) groups excluding carboxylic acids is 1. The fourth-order valence-corrected chi connectivity index (χ4v) is 2.71. The van der Waals surface area contributed by atoms with Crippen molar-refractivity contribution >= 4 is 11.6 Å². The summed E-state index contributed by atoms with van der Waals surface area (Å²) in [6.45, 7) is 2.26. The number of nitrogens with two attached hydrogens (primary N) is 1. The minimum Gasteiger partial charge on any atom is -0.398 e. The van der Waals surface area contributed by atoms with E-state index in [0.29, 0.717) is 18.2 Å². The number of nitrogen functional groups attached to an aromatic ring is 1. The number of carbonyl (C=O) groups is 1. The predicted molar refractivity (Wildman–Crippen MR) is 74.1 cm³/mol. The molecule has 2 rings (SSSR count). The average molecular weight is 246 g/mol. The maximum atomic E-state index is 12.0. The molecular formula is C15H22N2O. The van der Waals surface area contributed by atoms with Crippen LogP contribution in [0.4, 0.5) is 5.69 Å². The van der Waals surface area contributed by atoms with Crippen molar-refractivity contribution in [1.82, 2.24) is 5.32 Å². The van der Waals surface area contributed by atoms with Crippen molar-refractivity contribution in [2.24, 2.45) is 5.92 Å². The number of hydrogen-bond acceptors (Lipinski definition) is 2. The van der Waals surface area contributed by atoms with Gasteiger partial charge in [0, 0.05) is 11.7 Å². The van der Waals surface area contributed by atoms with Gasteiger partial charge in [-0.15, -0.1) is 0 Å². The predicted octanol–water partition coefficient (Wildman–Crippen LogP) is 2.51. The second-order valence-corrected chi connectivity index (χ2v) is 5.41. The molecule has 0 aromatic heterocycles. The van der Waals surface area contributed by atoms with Gasteiger partial charge in [0.1, 0.15) is 0 Å². The lowest BCUT2D eigenvalue weighted by Crippen LogP contribution is -2.38.